The van der Waals surface area contributed by atoms with Gasteiger partial charge < -0.3 is 10.1 Å². The molecule has 120 valence electrons. The summed E-state index contributed by atoms with van der Waals surface area (Å²) in [5, 5.41) is 10.6. The Bertz CT molecular complexity index is 751. The molecule has 0 bridgehead atoms. The molecule has 0 aliphatic rings. The minimum atomic E-state index is 0.172. The smallest absolute Gasteiger partial charge is 0.0558 e. The number of hydrogen-bond acceptors (Lipinski definition) is 3. The number of aromatic nitrogens is 1. The second-order valence-electron chi connectivity index (χ2n) is 5.64. The lowest BCUT2D eigenvalue weighted by Crippen LogP contribution is -2.26. The Balaban J connectivity index is 1.75. The molecule has 4 heteroatoms. The van der Waals surface area contributed by atoms with Crippen molar-refractivity contribution in [2.45, 2.75) is 18.0 Å². The molecule has 3 rings (SSSR count). The predicted octanol–water partition coefficient (Wildman–Crippen LogP) is 3.88. The van der Waals surface area contributed by atoms with Gasteiger partial charge in [-0.25, -0.2) is 0 Å². The lowest BCUT2D eigenvalue weighted by Gasteiger charge is -2.21. The molecule has 0 amide bonds. The minimum absolute atomic E-state index is 0.172. The quantitative estimate of drug-likeness (QED) is 0.647. The van der Waals surface area contributed by atoms with E-state index in [9.17, 15) is 5.11 Å². The van der Waals surface area contributed by atoms with E-state index < -0.39 is 0 Å². The van der Waals surface area contributed by atoms with Crippen molar-refractivity contribution in [1.29, 1.82) is 0 Å². The molecular weight excluding hydrogens is 304 g/mol. The summed E-state index contributed by atoms with van der Waals surface area (Å²) in [6, 6.07) is 17.0. The van der Waals surface area contributed by atoms with Crippen LogP contribution in [-0.4, -0.2) is 34.4 Å². The largest absolute Gasteiger partial charge is 0.395 e. The maximum atomic E-state index is 9.39. The van der Waals surface area contributed by atoms with Crippen molar-refractivity contribution in [1.82, 2.24) is 9.88 Å². The normalized spacial score (nSPS) is 11.4. The van der Waals surface area contributed by atoms with Crippen molar-refractivity contribution in [2.75, 3.05) is 19.4 Å². The molecule has 1 aromatic heterocycles. The number of benzene rings is 2. The minimum Gasteiger partial charge on any atom is -0.395 e. The highest BCUT2D eigenvalue weighted by molar-refractivity contribution is 7.98. The summed E-state index contributed by atoms with van der Waals surface area (Å²) in [6.07, 6.45) is 4.16. The van der Waals surface area contributed by atoms with Crippen LogP contribution in [0.1, 0.15) is 11.1 Å². The van der Waals surface area contributed by atoms with Crippen LogP contribution in [0.2, 0.25) is 0 Å². The highest BCUT2D eigenvalue weighted by Crippen LogP contribution is 2.21. The number of hydrogen-bond donors (Lipinski definition) is 2. The van der Waals surface area contributed by atoms with E-state index in [2.05, 4.69) is 64.8 Å². The number of fused-ring (bicyclic) bond motifs is 1. The van der Waals surface area contributed by atoms with Gasteiger partial charge in [-0.05, 0) is 35.6 Å². The highest BCUT2D eigenvalue weighted by Gasteiger charge is 2.10. The van der Waals surface area contributed by atoms with Crippen molar-refractivity contribution in [3.63, 3.8) is 0 Å². The van der Waals surface area contributed by atoms with Crippen LogP contribution >= 0.6 is 11.8 Å². The first-order valence-electron chi connectivity index (χ1n) is 7.81. The van der Waals surface area contributed by atoms with Gasteiger partial charge in [0.05, 0.1) is 6.61 Å². The molecular formula is C19H22N2OS. The Kier molecular flexibility index (Phi) is 5.39. The van der Waals surface area contributed by atoms with Gasteiger partial charge in [-0.1, -0.05) is 30.3 Å². The fourth-order valence-electron chi connectivity index (χ4n) is 2.85. The SMILES string of the molecule is CSc1ccc(CN(CCO)Cc2c[nH]c3ccccc23)cc1. The van der Waals surface area contributed by atoms with E-state index in [1.807, 2.05) is 6.07 Å². The van der Waals surface area contributed by atoms with Crippen molar-refractivity contribution >= 4 is 22.7 Å². The lowest BCUT2D eigenvalue weighted by atomic mass is 10.1. The zero-order valence-corrected chi connectivity index (χ0v) is 14.1. The summed E-state index contributed by atoms with van der Waals surface area (Å²) in [5.74, 6) is 0. The second-order valence-corrected chi connectivity index (χ2v) is 6.52. The molecule has 0 radical (unpaired) electrons. The topological polar surface area (TPSA) is 39.3 Å². The predicted molar refractivity (Wildman–Crippen MR) is 97.7 cm³/mol. The molecule has 3 nitrogen and oxygen atoms in total. The molecule has 0 fully saturated rings. The van der Waals surface area contributed by atoms with Gasteiger partial charge in [0.1, 0.15) is 0 Å². The number of H-pyrrole nitrogens is 1. The first kappa shape index (κ1) is 16.1. The number of para-hydroxylation sites is 1. The van der Waals surface area contributed by atoms with Crippen LogP contribution in [0.25, 0.3) is 10.9 Å². The molecule has 0 spiro atoms. The molecule has 0 atom stereocenters. The third-order valence-electron chi connectivity index (χ3n) is 4.05. The van der Waals surface area contributed by atoms with E-state index >= 15 is 0 Å². The summed E-state index contributed by atoms with van der Waals surface area (Å²) in [5.41, 5.74) is 3.71. The zero-order valence-electron chi connectivity index (χ0n) is 13.3. The van der Waals surface area contributed by atoms with E-state index in [1.165, 1.54) is 21.4 Å². The molecule has 23 heavy (non-hydrogen) atoms. The summed E-state index contributed by atoms with van der Waals surface area (Å²) in [4.78, 5) is 6.88. The van der Waals surface area contributed by atoms with Gasteiger partial charge >= 0.3 is 0 Å². The van der Waals surface area contributed by atoms with Gasteiger partial charge in [0.25, 0.3) is 0 Å². The molecule has 0 aliphatic carbocycles. The number of nitrogens with zero attached hydrogens (tertiary/aromatic N) is 1. The molecule has 1 heterocycles. The summed E-state index contributed by atoms with van der Waals surface area (Å²) in [6.45, 7) is 2.51. The van der Waals surface area contributed by atoms with E-state index in [-0.39, 0.29) is 6.61 Å². The maximum absolute atomic E-state index is 9.39. The van der Waals surface area contributed by atoms with Crippen molar-refractivity contribution in [3.8, 4) is 0 Å². The number of nitrogens with one attached hydrogen (secondary N) is 1. The first-order chi connectivity index (χ1) is 11.3. The molecule has 2 aromatic carbocycles. The molecule has 0 saturated carbocycles. The molecule has 0 unspecified atom stereocenters. The Labute approximate surface area is 141 Å². The summed E-state index contributed by atoms with van der Waals surface area (Å²) >= 11 is 1.75. The highest BCUT2D eigenvalue weighted by atomic mass is 32.2. The number of aromatic amines is 1. The third-order valence-corrected chi connectivity index (χ3v) is 4.79. The van der Waals surface area contributed by atoms with Crippen LogP contribution in [0, 0.1) is 0 Å². The Morgan fingerprint density at radius 1 is 1.04 bits per heavy atom. The van der Waals surface area contributed by atoms with Crippen LogP contribution in [-0.2, 0) is 13.1 Å². The fourth-order valence-corrected chi connectivity index (χ4v) is 3.26. The molecule has 0 aliphatic heterocycles. The zero-order chi connectivity index (χ0) is 16.1. The van der Waals surface area contributed by atoms with Crippen LogP contribution in [0.15, 0.2) is 59.6 Å². The fraction of sp³-hybridized carbons (Fsp3) is 0.263. The Hall–Kier alpha value is -1.75. The molecule has 0 saturated heterocycles. The van der Waals surface area contributed by atoms with Gasteiger partial charge in [-0.3, -0.25) is 4.90 Å². The Morgan fingerprint density at radius 3 is 2.57 bits per heavy atom. The van der Waals surface area contributed by atoms with E-state index in [1.54, 1.807) is 11.8 Å². The van der Waals surface area contributed by atoms with Crippen molar-refractivity contribution < 1.29 is 5.11 Å². The van der Waals surface area contributed by atoms with Crippen LogP contribution in [0.5, 0.6) is 0 Å². The van der Waals surface area contributed by atoms with Crippen LogP contribution in [0.4, 0.5) is 0 Å². The van der Waals surface area contributed by atoms with Crippen molar-refractivity contribution in [2.24, 2.45) is 0 Å². The third kappa shape index (κ3) is 3.96. The van der Waals surface area contributed by atoms with Crippen LogP contribution in [0.3, 0.4) is 0 Å². The monoisotopic (exact) mass is 326 g/mol. The van der Waals surface area contributed by atoms with Crippen LogP contribution < -0.4 is 0 Å². The van der Waals surface area contributed by atoms with Gasteiger partial charge in [-0.15, -0.1) is 11.8 Å². The lowest BCUT2D eigenvalue weighted by molar-refractivity contribution is 0.185. The molecule has 2 N–H and O–H groups in total. The Morgan fingerprint density at radius 2 is 1.83 bits per heavy atom. The molecule has 3 aromatic rings. The number of aliphatic hydroxyl groups is 1. The number of thioether (sulfide) groups is 1. The van der Waals surface area contributed by atoms with Gasteiger partial charge in [-0.2, -0.15) is 0 Å². The summed E-state index contributed by atoms with van der Waals surface area (Å²) in [7, 11) is 0. The van der Waals surface area contributed by atoms with Gasteiger partial charge in [0.2, 0.25) is 0 Å². The van der Waals surface area contributed by atoms with Gasteiger partial charge in [0.15, 0.2) is 0 Å². The maximum Gasteiger partial charge on any atom is 0.0558 e. The van der Waals surface area contributed by atoms with Crippen molar-refractivity contribution in [3.05, 3.63) is 65.9 Å². The number of rotatable bonds is 7. The standard InChI is InChI=1S/C19H22N2OS/c1-23-17-8-6-15(7-9-17)13-21(10-11-22)14-16-12-20-19-5-3-2-4-18(16)19/h2-9,12,20,22H,10-11,13-14H2,1H3. The average molecular weight is 326 g/mol. The average Bonchev–Trinajstić information content (AvgIpc) is 2.99. The van der Waals surface area contributed by atoms with E-state index in [4.69, 9.17) is 0 Å². The van der Waals surface area contributed by atoms with E-state index in [0.717, 1.165) is 18.6 Å². The first-order valence-corrected chi connectivity index (χ1v) is 9.04. The second kappa shape index (κ2) is 7.68. The van der Waals surface area contributed by atoms with Gasteiger partial charge in [0, 0.05) is 41.6 Å². The van der Waals surface area contributed by atoms with E-state index in [0.29, 0.717) is 6.54 Å². The number of aliphatic hydroxyl groups excluding tert-OH is 1. The summed E-state index contributed by atoms with van der Waals surface area (Å²) < 4.78 is 0.